The zero-order chi connectivity index (χ0) is 22.2. The zero-order valence-electron chi connectivity index (χ0n) is 16.9. The third kappa shape index (κ3) is 3.51. The predicted molar refractivity (Wildman–Crippen MR) is 127 cm³/mol. The Bertz CT molecular complexity index is 1350. The summed E-state index contributed by atoms with van der Waals surface area (Å²) < 4.78 is 7.45. The summed E-state index contributed by atoms with van der Waals surface area (Å²) in [4.78, 5) is 21.6. The molecule has 0 fully saturated rings. The van der Waals surface area contributed by atoms with Crippen LogP contribution in [0.1, 0.15) is 16.8 Å². The van der Waals surface area contributed by atoms with E-state index in [4.69, 9.17) is 15.2 Å². The van der Waals surface area contributed by atoms with E-state index in [1.807, 2.05) is 41.2 Å². The number of pyridine rings is 1. The second kappa shape index (κ2) is 8.29. The van der Waals surface area contributed by atoms with Crippen LogP contribution in [0.15, 0.2) is 47.2 Å². The van der Waals surface area contributed by atoms with Crippen LogP contribution in [-0.2, 0) is 17.6 Å². The molecule has 0 unspecified atom stereocenters. The summed E-state index contributed by atoms with van der Waals surface area (Å²) in [5.74, 6) is 0. The second-order valence-corrected chi connectivity index (χ2v) is 8.95. The fourth-order valence-corrected chi connectivity index (χ4v) is 5.38. The Balaban J connectivity index is 1.73. The first kappa shape index (κ1) is 20.5. The summed E-state index contributed by atoms with van der Waals surface area (Å²) in [6.45, 7) is 0. The SMILES string of the molecule is COC(=O)Nc1nc2c(s1)-c1c(c(-c3cccnc3)nn1-c1ccc(C=N)cc1Br)CC2. The molecule has 4 aromatic rings. The lowest BCUT2D eigenvalue weighted by atomic mass is 9.95. The van der Waals surface area contributed by atoms with Crippen LogP contribution in [-0.4, -0.2) is 39.2 Å². The van der Waals surface area contributed by atoms with Gasteiger partial charge in [0, 0.05) is 34.2 Å². The number of amides is 1. The highest BCUT2D eigenvalue weighted by Gasteiger charge is 2.30. The minimum absolute atomic E-state index is 0.489. The van der Waals surface area contributed by atoms with Crippen molar-refractivity contribution in [1.82, 2.24) is 19.7 Å². The molecule has 5 rings (SSSR count). The maximum absolute atomic E-state index is 11.7. The minimum Gasteiger partial charge on any atom is -0.453 e. The van der Waals surface area contributed by atoms with E-state index in [1.54, 1.807) is 6.20 Å². The van der Waals surface area contributed by atoms with Crippen molar-refractivity contribution in [2.24, 2.45) is 0 Å². The lowest BCUT2D eigenvalue weighted by molar-refractivity contribution is 0.187. The summed E-state index contributed by atoms with van der Waals surface area (Å²) in [6.07, 6.45) is 5.82. The number of fused-ring (bicyclic) bond motifs is 3. The number of methoxy groups -OCH3 is 1. The number of nitrogens with one attached hydrogen (secondary N) is 2. The number of carbonyl (C=O) groups excluding carboxylic acids is 1. The molecule has 0 atom stereocenters. The number of ether oxygens (including phenoxy) is 1. The first-order valence-electron chi connectivity index (χ1n) is 9.76. The van der Waals surface area contributed by atoms with Crippen molar-refractivity contribution in [2.45, 2.75) is 12.8 Å². The van der Waals surface area contributed by atoms with E-state index in [0.717, 1.165) is 61.7 Å². The Morgan fingerprint density at radius 1 is 1.34 bits per heavy atom. The highest BCUT2D eigenvalue weighted by molar-refractivity contribution is 9.10. The fraction of sp³-hybridized carbons (Fsp3) is 0.136. The molecule has 0 saturated carbocycles. The molecular weight excluding hydrogens is 492 g/mol. The van der Waals surface area contributed by atoms with Crippen LogP contribution in [0.3, 0.4) is 0 Å². The molecule has 0 saturated heterocycles. The van der Waals surface area contributed by atoms with E-state index in [1.165, 1.54) is 24.7 Å². The second-order valence-electron chi connectivity index (χ2n) is 7.10. The van der Waals surface area contributed by atoms with Gasteiger partial charge in [-0.2, -0.15) is 5.10 Å². The standard InChI is InChI=1S/C22H17BrN6O2S/c1-31-22(30)27-21-26-16-6-5-14-18(13-3-2-8-25-11-13)28-29(19(14)20(16)32-21)17-7-4-12(10-24)9-15(17)23/h2-4,7-11,24H,5-6H2,1H3,(H,26,27,30). The van der Waals surface area contributed by atoms with Crippen molar-refractivity contribution in [3.05, 3.63) is 64.0 Å². The number of aryl methyl sites for hydroxylation is 1. The number of hydrogen-bond acceptors (Lipinski definition) is 7. The molecule has 1 aliphatic rings. The van der Waals surface area contributed by atoms with Crippen molar-refractivity contribution in [2.75, 3.05) is 12.4 Å². The van der Waals surface area contributed by atoms with Crippen molar-refractivity contribution >= 4 is 44.7 Å². The lowest BCUT2D eigenvalue weighted by Crippen LogP contribution is -2.10. The Hall–Kier alpha value is -3.37. The number of thiazole rings is 1. The molecule has 0 spiro atoms. The van der Waals surface area contributed by atoms with Crippen LogP contribution in [0.2, 0.25) is 0 Å². The molecule has 8 nitrogen and oxygen atoms in total. The van der Waals surface area contributed by atoms with Gasteiger partial charge in [-0.3, -0.25) is 10.3 Å². The van der Waals surface area contributed by atoms with E-state index in [2.05, 4.69) is 31.2 Å². The molecule has 3 aromatic heterocycles. The largest absolute Gasteiger partial charge is 0.453 e. The quantitative estimate of drug-likeness (QED) is 0.373. The Kier molecular flexibility index (Phi) is 5.32. The zero-order valence-corrected chi connectivity index (χ0v) is 19.3. The number of aromatic nitrogens is 4. The molecule has 1 aromatic carbocycles. The number of nitrogens with zero attached hydrogens (tertiary/aromatic N) is 4. The molecule has 10 heteroatoms. The summed E-state index contributed by atoms with van der Waals surface area (Å²) in [5.41, 5.74) is 6.43. The van der Waals surface area contributed by atoms with Crippen LogP contribution >= 0.6 is 27.3 Å². The third-order valence-corrected chi connectivity index (χ3v) is 6.86. The summed E-state index contributed by atoms with van der Waals surface area (Å²) in [6, 6.07) is 9.61. The smallest absolute Gasteiger partial charge is 0.413 e. The summed E-state index contributed by atoms with van der Waals surface area (Å²) in [5, 5.41) is 15.7. The van der Waals surface area contributed by atoms with E-state index in [0.29, 0.717) is 5.13 Å². The fourth-order valence-electron chi connectivity index (χ4n) is 3.76. The molecule has 0 bridgehead atoms. The van der Waals surface area contributed by atoms with Crippen LogP contribution < -0.4 is 5.32 Å². The van der Waals surface area contributed by atoms with Gasteiger partial charge in [0.1, 0.15) is 0 Å². The summed E-state index contributed by atoms with van der Waals surface area (Å²) in [7, 11) is 1.33. The average molecular weight is 509 g/mol. The van der Waals surface area contributed by atoms with Crippen molar-refractivity contribution in [3.8, 4) is 27.5 Å². The van der Waals surface area contributed by atoms with Crippen LogP contribution in [0.5, 0.6) is 0 Å². The highest BCUT2D eigenvalue weighted by Crippen LogP contribution is 2.44. The van der Waals surface area contributed by atoms with Gasteiger partial charge in [-0.15, -0.1) is 0 Å². The maximum atomic E-state index is 11.7. The molecule has 3 heterocycles. The summed E-state index contributed by atoms with van der Waals surface area (Å²) >= 11 is 5.04. The molecule has 0 aliphatic heterocycles. The Morgan fingerprint density at radius 2 is 2.22 bits per heavy atom. The first-order valence-corrected chi connectivity index (χ1v) is 11.4. The Morgan fingerprint density at radius 3 is 2.94 bits per heavy atom. The molecular formula is C22H17BrN6O2S. The van der Waals surface area contributed by atoms with Crippen LogP contribution in [0.25, 0.3) is 27.5 Å². The Labute approximate surface area is 195 Å². The number of benzene rings is 1. The maximum Gasteiger partial charge on any atom is 0.413 e. The van der Waals surface area contributed by atoms with Gasteiger partial charge in [-0.25, -0.2) is 14.5 Å². The van der Waals surface area contributed by atoms with Gasteiger partial charge < -0.3 is 10.1 Å². The van der Waals surface area contributed by atoms with Gasteiger partial charge in [0.2, 0.25) is 0 Å². The van der Waals surface area contributed by atoms with E-state index >= 15 is 0 Å². The number of halogens is 1. The monoisotopic (exact) mass is 508 g/mol. The van der Waals surface area contributed by atoms with E-state index in [-0.39, 0.29) is 0 Å². The molecule has 160 valence electrons. The van der Waals surface area contributed by atoms with Gasteiger partial charge in [-0.1, -0.05) is 17.4 Å². The normalized spacial score (nSPS) is 12.1. The lowest BCUT2D eigenvalue weighted by Gasteiger charge is -2.15. The third-order valence-electron chi connectivity index (χ3n) is 5.20. The molecule has 0 radical (unpaired) electrons. The number of anilines is 1. The minimum atomic E-state index is -0.550. The van der Waals surface area contributed by atoms with Crippen LogP contribution in [0, 0.1) is 5.41 Å². The van der Waals surface area contributed by atoms with Gasteiger partial charge in [-0.05, 0) is 58.6 Å². The van der Waals surface area contributed by atoms with E-state index < -0.39 is 6.09 Å². The topological polar surface area (TPSA) is 106 Å². The highest BCUT2D eigenvalue weighted by atomic mass is 79.9. The molecule has 2 N–H and O–H groups in total. The number of carbonyl (C=O) groups is 1. The molecule has 1 aliphatic carbocycles. The molecule has 32 heavy (non-hydrogen) atoms. The van der Waals surface area contributed by atoms with Crippen LogP contribution in [0.4, 0.5) is 9.93 Å². The van der Waals surface area contributed by atoms with Gasteiger partial charge in [0.15, 0.2) is 5.13 Å². The molecule has 1 amide bonds. The first-order chi connectivity index (χ1) is 15.6. The number of rotatable bonds is 4. The average Bonchev–Trinajstić information content (AvgIpc) is 3.40. The van der Waals surface area contributed by atoms with E-state index in [9.17, 15) is 4.79 Å². The van der Waals surface area contributed by atoms with Gasteiger partial charge in [0.05, 0.1) is 34.8 Å². The number of hydrogen-bond donors (Lipinski definition) is 2. The van der Waals surface area contributed by atoms with Crippen molar-refractivity contribution < 1.29 is 9.53 Å². The van der Waals surface area contributed by atoms with Gasteiger partial charge in [0.25, 0.3) is 0 Å². The van der Waals surface area contributed by atoms with Crippen molar-refractivity contribution in [1.29, 1.82) is 5.41 Å². The predicted octanol–water partition coefficient (Wildman–Crippen LogP) is 5.09. The van der Waals surface area contributed by atoms with Crippen molar-refractivity contribution in [3.63, 3.8) is 0 Å². The van der Waals surface area contributed by atoms with Gasteiger partial charge >= 0.3 is 6.09 Å².